The van der Waals surface area contributed by atoms with Gasteiger partial charge in [0.2, 0.25) is 5.91 Å². The number of aryl methyl sites for hydroxylation is 1. The summed E-state index contributed by atoms with van der Waals surface area (Å²) >= 11 is 0. The number of carbonyl (C=O) groups excluding carboxylic acids is 2. The number of hydrogen-bond acceptors (Lipinski definition) is 4. The molecule has 1 aliphatic carbocycles. The van der Waals surface area contributed by atoms with E-state index in [2.05, 4.69) is 10.5 Å². The van der Waals surface area contributed by atoms with Gasteiger partial charge in [0.1, 0.15) is 11.5 Å². The molecule has 102 valence electrons. The lowest BCUT2D eigenvalue weighted by Crippen LogP contribution is -2.60. The fourth-order valence-corrected chi connectivity index (χ4v) is 3.00. The molecule has 0 atom stereocenters. The number of aromatic nitrogens is 1. The summed E-state index contributed by atoms with van der Waals surface area (Å²) in [4.78, 5) is 25.5. The predicted octanol–water partition coefficient (Wildman–Crippen LogP) is 1.74. The molecule has 1 aromatic rings. The summed E-state index contributed by atoms with van der Waals surface area (Å²) in [7, 11) is 0. The van der Waals surface area contributed by atoms with Gasteiger partial charge in [-0.2, -0.15) is 0 Å². The average Bonchev–Trinajstić information content (AvgIpc) is 2.94. The maximum Gasteiger partial charge on any atom is 0.324 e. The Morgan fingerprint density at radius 1 is 1.42 bits per heavy atom. The minimum absolute atomic E-state index is 0.119. The minimum atomic E-state index is -0.307. The van der Waals surface area contributed by atoms with E-state index >= 15 is 0 Å². The van der Waals surface area contributed by atoms with E-state index in [0.29, 0.717) is 17.9 Å². The van der Waals surface area contributed by atoms with Crippen LogP contribution in [0.5, 0.6) is 0 Å². The fraction of sp³-hybridized carbons (Fsp3) is 0.615. The Kier molecular flexibility index (Phi) is 2.80. The van der Waals surface area contributed by atoms with E-state index in [1.165, 1.54) is 4.90 Å². The molecule has 2 fully saturated rings. The van der Waals surface area contributed by atoms with E-state index < -0.39 is 0 Å². The fourth-order valence-electron chi connectivity index (χ4n) is 3.00. The molecule has 1 spiro atoms. The number of nitrogens with zero attached hydrogens (tertiary/aromatic N) is 2. The summed E-state index contributed by atoms with van der Waals surface area (Å²) in [6, 6.07) is 1.43. The van der Waals surface area contributed by atoms with Gasteiger partial charge in [-0.05, 0) is 19.8 Å². The van der Waals surface area contributed by atoms with Crippen LogP contribution in [0.3, 0.4) is 0 Å². The van der Waals surface area contributed by atoms with Crippen molar-refractivity contribution in [1.29, 1.82) is 0 Å². The first-order valence-electron chi connectivity index (χ1n) is 6.63. The molecule has 1 saturated carbocycles. The number of amides is 3. The Morgan fingerprint density at radius 3 is 2.74 bits per heavy atom. The van der Waals surface area contributed by atoms with Crippen molar-refractivity contribution in [2.45, 2.75) is 51.1 Å². The quantitative estimate of drug-likeness (QED) is 0.881. The zero-order chi connectivity index (χ0) is 13.5. The van der Waals surface area contributed by atoms with Crippen molar-refractivity contribution in [3.8, 4) is 0 Å². The third-order valence-electron chi connectivity index (χ3n) is 3.97. The molecule has 1 aliphatic heterocycles. The van der Waals surface area contributed by atoms with Gasteiger partial charge in [0.05, 0.1) is 18.5 Å². The van der Waals surface area contributed by atoms with Gasteiger partial charge in [-0.3, -0.25) is 9.69 Å². The van der Waals surface area contributed by atoms with E-state index in [4.69, 9.17) is 4.52 Å². The van der Waals surface area contributed by atoms with Crippen LogP contribution in [0.4, 0.5) is 4.79 Å². The smallest absolute Gasteiger partial charge is 0.324 e. The SMILES string of the molecule is Cc1cc(CN2C(=O)CC3(CCCC3)NC2=O)no1. The lowest BCUT2D eigenvalue weighted by atomic mass is 9.91. The van der Waals surface area contributed by atoms with Gasteiger partial charge in [-0.25, -0.2) is 4.79 Å². The zero-order valence-corrected chi connectivity index (χ0v) is 10.9. The van der Waals surface area contributed by atoms with Gasteiger partial charge in [-0.1, -0.05) is 18.0 Å². The third kappa shape index (κ3) is 2.22. The highest BCUT2D eigenvalue weighted by Gasteiger charge is 2.44. The van der Waals surface area contributed by atoms with Gasteiger partial charge in [0, 0.05) is 6.07 Å². The topological polar surface area (TPSA) is 75.4 Å². The molecular weight excluding hydrogens is 246 g/mol. The van der Waals surface area contributed by atoms with E-state index in [1.807, 2.05) is 0 Å². The summed E-state index contributed by atoms with van der Waals surface area (Å²) < 4.78 is 4.95. The third-order valence-corrected chi connectivity index (χ3v) is 3.97. The molecule has 6 heteroatoms. The monoisotopic (exact) mass is 263 g/mol. The lowest BCUT2D eigenvalue weighted by Gasteiger charge is -2.38. The maximum atomic E-state index is 12.2. The Balaban J connectivity index is 1.73. The number of nitrogens with one attached hydrogen (secondary N) is 1. The molecule has 0 aromatic carbocycles. The van der Waals surface area contributed by atoms with Crippen LogP contribution in [0.2, 0.25) is 0 Å². The van der Waals surface area contributed by atoms with Crippen LogP contribution in [0.25, 0.3) is 0 Å². The minimum Gasteiger partial charge on any atom is -0.361 e. The van der Waals surface area contributed by atoms with Gasteiger partial charge in [0.15, 0.2) is 0 Å². The van der Waals surface area contributed by atoms with Crippen LogP contribution in [0, 0.1) is 6.92 Å². The molecule has 1 aromatic heterocycles. The molecule has 6 nitrogen and oxygen atoms in total. The van der Waals surface area contributed by atoms with Gasteiger partial charge in [-0.15, -0.1) is 0 Å². The van der Waals surface area contributed by atoms with Crippen LogP contribution in [0.15, 0.2) is 10.6 Å². The van der Waals surface area contributed by atoms with Crippen molar-refractivity contribution in [3.63, 3.8) is 0 Å². The molecule has 0 unspecified atom stereocenters. The molecule has 0 radical (unpaired) electrons. The molecule has 3 amide bonds. The van der Waals surface area contributed by atoms with E-state index in [9.17, 15) is 9.59 Å². The molecule has 3 rings (SSSR count). The van der Waals surface area contributed by atoms with Crippen LogP contribution < -0.4 is 5.32 Å². The molecule has 2 heterocycles. The van der Waals surface area contributed by atoms with Crippen molar-refractivity contribution in [3.05, 3.63) is 17.5 Å². The first kappa shape index (κ1) is 12.2. The van der Waals surface area contributed by atoms with Crippen LogP contribution >= 0.6 is 0 Å². The van der Waals surface area contributed by atoms with Gasteiger partial charge >= 0.3 is 6.03 Å². The average molecular weight is 263 g/mol. The zero-order valence-electron chi connectivity index (χ0n) is 10.9. The van der Waals surface area contributed by atoms with Crippen molar-refractivity contribution < 1.29 is 14.1 Å². The molecular formula is C13H17N3O3. The summed E-state index contributed by atoms with van der Waals surface area (Å²) in [5.41, 5.74) is 0.313. The second kappa shape index (κ2) is 4.36. The summed E-state index contributed by atoms with van der Waals surface area (Å²) in [6.45, 7) is 1.96. The molecule has 1 saturated heterocycles. The number of hydrogen-bond donors (Lipinski definition) is 1. The van der Waals surface area contributed by atoms with Crippen molar-refractivity contribution in [2.24, 2.45) is 0 Å². The summed E-state index contributed by atoms with van der Waals surface area (Å²) in [5.74, 6) is 0.554. The van der Waals surface area contributed by atoms with Gasteiger partial charge in [0.25, 0.3) is 0 Å². The maximum absolute atomic E-state index is 12.2. The molecule has 0 bridgehead atoms. The highest BCUT2D eigenvalue weighted by atomic mass is 16.5. The highest BCUT2D eigenvalue weighted by molar-refractivity contribution is 5.98. The lowest BCUT2D eigenvalue weighted by molar-refractivity contribution is -0.132. The first-order chi connectivity index (χ1) is 9.08. The summed E-state index contributed by atoms with van der Waals surface area (Å²) in [6.07, 6.45) is 4.37. The normalized spacial score (nSPS) is 22.1. The van der Waals surface area contributed by atoms with Gasteiger partial charge < -0.3 is 9.84 Å². The van der Waals surface area contributed by atoms with E-state index in [1.54, 1.807) is 13.0 Å². The number of carbonyl (C=O) groups is 2. The Hall–Kier alpha value is -1.85. The van der Waals surface area contributed by atoms with E-state index in [0.717, 1.165) is 25.7 Å². The largest absolute Gasteiger partial charge is 0.361 e. The van der Waals surface area contributed by atoms with Crippen molar-refractivity contribution >= 4 is 11.9 Å². The summed E-state index contributed by atoms with van der Waals surface area (Å²) in [5, 5.41) is 6.83. The molecule has 2 aliphatic rings. The molecule has 1 N–H and O–H groups in total. The van der Waals surface area contributed by atoms with Crippen LogP contribution in [-0.4, -0.2) is 27.5 Å². The van der Waals surface area contributed by atoms with Crippen LogP contribution in [0.1, 0.15) is 43.6 Å². The standard InChI is InChI=1S/C13H17N3O3/c1-9-6-10(15-19-9)8-16-11(17)7-13(14-12(16)18)4-2-3-5-13/h6H,2-5,7-8H2,1H3,(H,14,18). The van der Waals surface area contributed by atoms with Crippen LogP contribution in [-0.2, 0) is 11.3 Å². The Morgan fingerprint density at radius 2 is 2.16 bits per heavy atom. The van der Waals surface area contributed by atoms with Crippen molar-refractivity contribution in [1.82, 2.24) is 15.4 Å². The number of rotatable bonds is 2. The van der Waals surface area contributed by atoms with Crippen molar-refractivity contribution in [2.75, 3.05) is 0 Å². The Bertz CT molecular complexity index is 497. The van der Waals surface area contributed by atoms with E-state index in [-0.39, 0.29) is 24.0 Å². The molecule has 19 heavy (non-hydrogen) atoms. The second-order valence-electron chi connectivity index (χ2n) is 5.50. The highest BCUT2D eigenvalue weighted by Crippen LogP contribution is 2.35. The Labute approximate surface area is 111 Å². The number of imide groups is 1. The first-order valence-corrected chi connectivity index (χ1v) is 6.63. The predicted molar refractivity (Wildman–Crippen MR) is 66.1 cm³/mol. The second-order valence-corrected chi connectivity index (χ2v) is 5.50. The number of urea groups is 1.